The minimum absolute atomic E-state index is 0.00889. The lowest BCUT2D eigenvalue weighted by atomic mass is 10.2. The highest BCUT2D eigenvalue weighted by atomic mass is 35.5. The van der Waals surface area contributed by atoms with Crippen molar-refractivity contribution < 1.29 is 12.8 Å². The van der Waals surface area contributed by atoms with Crippen molar-refractivity contribution in [1.29, 1.82) is 0 Å². The predicted octanol–water partition coefficient (Wildman–Crippen LogP) is 4.13. The largest absolute Gasteiger partial charge is 0.298 e. The summed E-state index contributed by atoms with van der Waals surface area (Å²) in [6.07, 6.45) is 0. The maximum Gasteiger partial charge on any atom is 0.261 e. The Hall–Kier alpha value is -2.29. The van der Waals surface area contributed by atoms with Crippen LogP contribution < -0.4 is 5.56 Å². The lowest BCUT2D eigenvalue weighted by Crippen LogP contribution is -2.39. The van der Waals surface area contributed by atoms with Crippen LogP contribution in [-0.4, -0.2) is 28.8 Å². The standard InChI is InChI=1S/C21H23ClFN3O3S/c1-13(2)12-26(30(28,29)17-8-6-16(23)7-9-17)14(3)20-24-19-11-15(22)5-10-18(19)21(27)25(20)4/h5-11,13-14H,12H2,1-4H3. The number of sulfonamides is 1. The van der Waals surface area contributed by atoms with Gasteiger partial charge in [0, 0.05) is 18.6 Å². The van der Waals surface area contributed by atoms with Crippen molar-refractivity contribution in [2.24, 2.45) is 13.0 Å². The third-order valence-corrected chi connectivity index (χ3v) is 7.03. The van der Waals surface area contributed by atoms with E-state index in [0.717, 1.165) is 12.1 Å². The molecule has 30 heavy (non-hydrogen) atoms. The SMILES string of the molecule is CC(C)CN(C(C)c1nc2cc(Cl)ccc2c(=O)n1C)S(=O)(=O)c1ccc(F)cc1. The molecule has 3 aromatic rings. The summed E-state index contributed by atoms with van der Waals surface area (Å²) in [4.78, 5) is 17.4. The van der Waals surface area contributed by atoms with Crippen molar-refractivity contribution in [2.45, 2.75) is 31.7 Å². The van der Waals surface area contributed by atoms with Crippen LogP contribution in [0.1, 0.15) is 32.6 Å². The molecule has 0 fully saturated rings. The molecule has 0 amide bonds. The van der Waals surface area contributed by atoms with Crippen LogP contribution >= 0.6 is 11.6 Å². The number of aromatic nitrogens is 2. The molecule has 0 N–H and O–H groups in total. The average Bonchev–Trinajstić information content (AvgIpc) is 2.68. The second-order valence-corrected chi connectivity index (χ2v) is 9.92. The lowest BCUT2D eigenvalue weighted by molar-refractivity contribution is 0.294. The fourth-order valence-electron chi connectivity index (χ4n) is 3.33. The third-order valence-electron chi connectivity index (χ3n) is 4.84. The van der Waals surface area contributed by atoms with Crippen LogP contribution in [0.5, 0.6) is 0 Å². The van der Waals surface area contributed by atoms with Gasteiger partial charge >= 0.3 is 0 Å². The molecule has 2 aromatic carbocycles. The Bertz CT molecular complexity index is 1240. The summed E-state index contributed by atoms with van der Waals surface area (Å²) in [6, 6.07) is 8.73. The molecule has 160 valence electrons. The number of hydrogen-bond acceptors (Lipinski definition) is 4. The fraction of sp³-hybridized carbons (Fsp3) is 0.333. The molecule has 0 spiro atoms. The number of fused-ring (bicyclic) bond motifs is 1. The van der Waals surface area contributed by atoms with Crippen molar-refractivity contribution in [1.82, 2.24) is 13.9 Å². The molecule has 3 rings (SSSR count). The van der Waals surface area contributed by atoms with E-state index < -0.39 is 21.9 Å². The van der Waals surface area contributed by atoms with Gasteiger partial charge in [0.15, 0.2) is 0 Å². The van der Waals surface area contributed by atoms with Crippen LogP contribution in [0.3, 0.4) is 0 Å². The maximum atomic E-state index is 13.4. The molecule has 1 heterocycles. The molecule has 1 unspecified atom stereocenters. The number of halogens is 2. The van der Waals surface area contributed by atoms with Crippen LogP contribution in [0.4, 0.5) is 4.39 Å². The minimum Gasteiger partial charge on any atom is -0.298 e. The third kappa shape index (κ3) is 4.26. The van der Waals surface area contributed by atoms with Gasteiger partial charge in [0.1, 0.15) is 11.6 Å². The Morgan fingerprint density at radius 1 is 1.13 bits per heavy atom. The zero-order valence-electron chi connectivity index (χ0n) is 17.1. The molecule has 6 nitrogen and oxygen atoms in total. The Balaban J connectivity index is 2.17. The number of hydrogen-bond donors (Lipinski definition) is 0. The maximum absolute atomic E-state index is 13.4. The summed E-state index contributed by atoms with van der Waals surface area (Å²) in [5.74, 6) is -0.219. The second-order valence-electron chi connectivity index (χ2n) is 7.59. The van der Waals surface area contributed by atoms with Crippen LogP contribution in [0.25, 0.3) is 10.9 Å². The normalized spacial score (nSPS) is 13.3. The van der Waals surface area contributed by atoms with Gasteiger partial charge in [-0.05, 0) is 55.3 Å². The molecule has 0 radical (unpaired) electrons. The summed E-state index contributed by atoms with van der Waals surface area (Å²) < 4.78 is 42.7. The molecular weight excluding hydrogens is 429 g/mol. The van der Waals surface area contributed by atoms with Gasteiger partial charge in [-0.25, -0.2) is 17.8 Å². The Morgan fingerprint density at radius 2 is 1.77 bits per heavy atom. The minimum atomic E-state index is -3.97. The van der Waals surface area contributed by atoms with E-state index in [1.807, 2.05) is 13.8 Å². The van der Waals surface area contributed by atoms with Crippen molar-refractivity contribution in [3.05, 3.63) is 69.5 Å². The van der Waals surface area contributed by atoms with Gasteiger partial charge in [0.05, 0.1) is 21.8 Å². The molecule has 0 saturated heterocycles. The zero-order valence-corrected chi connectivity index (χ0v) is 18.7. The first kappa shape index (κ1) is 22.4. The van der Waals surface area contributed by atoms with Gasteiger partial charge in [-0.1, -0.05) is 25.4 Å². The summed E-state index contributed by atoms with van der Waals surface area (Å²) in [6.45, 7) is 5.67. The molecule has 0 aliphatic heterocycles. The molecule has 0 saturated carbocycles. The highest BCUT2D eigenvalue weighted by Gasteiger charge is 2.33. The molecular formula is C21H23ClFN3O3S. The quantitative estimate of drug-likeness (QED) is 0.564. The lowest BCUT2D eigenvalue weighted by Gasteiger charge is -2.30. The smallest absolute Gasteiger partial charge is 0.261 e. The first-order valence-electron chi connectivity index (χ1n) is 9.46. The van der Waals surface area contributed by atoms with Gasteiger partial charge in [-0.2, -0.15) is 4.31 Å². The van der Waals surface area contributed by atoms with Gasteiger partial charge in [0.2, 0.25) is 10.0 Å². The molecule has 0 aliphatic rings. The Labute approximate surface area is 180 Å². The first-order chi connectivity index (χ1) is 14.0. The molecule has 9 heteroatoms. The monoisotopic (exact) mass is 451 g/mol. The topological polar surface area (TPSA) is 72.3 Å². The van der Waals surface area contributed by atoms with Crippen LogP contribution in [0, 0.1) is 11.7 Å². The summed E-state index contributed by atoms with van der Waals surface area (Å²) in [7, 11) is -2.40. The average molecular weight is 452 g/mol. The molecule has 1 atom stereocenters. The van der Waals surface area contributed by atoms with Gasteiger partial charge in [-0.15, -0.1) is 0 Å². The summed E-state index contributed by atoms with van der Waals surface area (Å²) in [5, 5.41) is 0.828. The van der Waals surface area contributed by atoms with E-state index in [4.69, 9.17) is 11.6 Å². The van der Waals surface area contributed by atoms with Crippen LogP contribution in [-0.2, 0) is 17.1 Å². The molecule has 0 aliphatic carbocycles. The van der Waals surface area contributed by atoms with Crippen molar-refractivity contribution >= 4 is 32.5 Å². The summed E-state index contributed by atoms with van der Waals surface area (Å²) in [5.41, 5.74) is 0.110. The highest BCUT2D eigenvalue weighted by molar-refractivity contribution is 7.89. The van der Waals surface area contributed by atoms with E-state index >= 15 is 0 Å². The van der Waals surface area contributed by atoms with Crippen molar-refractivity contribution in [2.75, 3.05) is 6.54 Å². The van der Waals surface area contributed by atoms with Crippen LogP contribution in [0.15, 0.2) is 52.2 Å². The first-order valence-corrected chi connectivity index (χ1v) is 11.3. The van der Waals surface area contributed by atoms with E-state index in [0.29, 0.717) is 21.7 Å². The molecule has 0 bridgehead atoms. The second kappa shape index (κ2) is 8.45. The predicted molar refractivity (Wildman–Crippen MR) is 116 cm³/mol. The van der Waals surface area contributed by atoms with E-state index in [1.54, 1.807) is 32.2 Å². The van der Waals surface area contributed by atoms with Crippen molar-refractivity contribution in [3.8, 4) is 0 Å². The Morgan fingerprint density at radius 3 is 2.37 bits per heavy atom. The fourth-order valence-corrected chi connectivity index (χ4v) is 5.25. The highest BCUT2D eigenvalue weighted by Crippen LogP contribution is 2.28. The van der Waals surface area contributed by atoms with E-state index in [9.17, 15) is 17.6 Å². The number of benzene rings is 2. The molecule has 1 aromatic heterocycles. The van der Waals surface area contributed by atoms with E-state index in [-0.39, 0.29) is 22.9 Å². The van der Waals surface area contributed by atoms with Gasteiger partial charge in [0.25, 0.3) is 5.56 Å². The van der Waals surface area contributed by atoms with Crippen molar-refractivity contribution in [3.63, 3.8) is 0 Å². The number of nitrogens with zero attached hydrogens (tertiary/aromatic N) is 3. The number of rotatable bonds is 6. The van der Waals surface area contributed by atoms with E-state index in [1.165, 1.54) is 21.0 Å². The zero-order chi connectivity index (χ0) is 22.2. The van der Waals surface area contributed by atoms with Gasteiger partial charge < -0.3 is 0 Å². The Kier molecular flexibility index (Phi) is 6.31. The van der Waals surface area contributed by atoms with E-state index in [2.05, 4.69) is 4.98 Å². The van der Waals surface area contributed by atoms with Gasteiger partial charge in [-0.3, -0.25) is 9.36 Å². The summed E-state index contributed by atoms with van der Waals surface area (Å²) >= 11 is 6.05. The van der Waals surface area contributed by atoms with Crippen LogP contribution in [0.2, 0.25) is 5.02 Å².